The van der Waals surface area contributed by atoms with E-state index in [1.54, 1.807) is 7.11 Å². The van der Waals surface area contributed by atoms with Crippen molar-refractivity contribution in [2.24, 2.45) is 10.9 Å². The average molecular weight is 332 g/mol. The van der Waals surface area contributed by atoms with Gasteiger partial charge in [-0.2, -0.15) is 0 Å². The number of nitrogens with zero attached hydrogens (tertiary/aromatic N) is 2. The van der Waals surface area contributed by atoms with Crippen molar-refractivity contribution in [2.45, 2.75) is 26.7 Å². The highest BCUT2D eigenvalue weighted by molar-refractivity contribution is 5.79. The van der Waals surface area contributed by atoms with Crippen LogP contribution in [0, 0.1) is 5.92 Å². The van der Waals surface area contributed by atoms with Crippen LogP contribution in [0.15, 0.2) is 29.3 Å². The van der Waals surface area contributed by atoms with E-state index < -0.39 is 0 Å². The van der Waals surface area contributed by atoms with Crippen molar-refractivity contribution in [1.82, 2.24) is 15.5 Å². The van der Waals surface area contributed by atoms with Gasteiger partial charge in [0.05, 0.1) is 7.11 Å². The number of methoxy groups -OCH3 is 1. The van der Waals surface area contributed by atoms with Gasteiger partial charge in [-0.3, -0.25) is 4.99 Å². The van der Waals surface area contributed by atoms with E-state index in [2.05, 4.69) is 41.5 Å². The molecule has 1 aromatic carbocycles. The lowest BCUT2D eigenvalue weighted by Gasteiger charge is -2.14. The fourth-order valence-corrected chi connectivity index (χ4v) is 3.03. The minimum Gasteiger partial charge on any atom is -0.497 e. The third-order valence-electron chi connectivity index (χ3n) is 4.53. The Morgan fingerprint density at radius 2 is 2.04 bits per heavy atom. The van der Waals surface area contributed by atoms with Gasteiger partial charge in [0.1, 0.15) is 5.75 Å². The van der Waals surface area contributed by atoms with Crippen LogP contribution in [0.1, 0.15) is 25.8 Å². The molecular weight excluding hydrogens is 300 g/mol. The van der Waals surface area contributed by atoms with Crippen molar-refractivity contribution in [3.05, 3.63) is 29.8 Å². The zero-order valence-corrected chi connectivity index (χ0v) is 15.3. The third-order valence-corrected chi connectivity index (χ3v) is 4.53. The van der Waals surface area contributed by atoms with Gasteiger partial charge in [-0.1, -0.05) is 19.1 Å². The minimum atomic E-state index is 0.696. The van der Waals surface area contributed by atoms with Crippen LogP contribution in [0.2, 0.25) is 0 Å². The molecule has 2 rings (SSSR count). The Bertz CT molecular complexity index is 501. The lowest BCUT2D eigenvalue weighted by Crippen LogP contribution is -2.38. The van der Waals surface area contributed by atoms with E-state index >= 15 is 0 Å². The molecule has 1 aliphatic heterocycles. The number of hydrogen-bond donors (Lipinski definition) is 2. The second-order valence-corrected chi connectivity index (χ2v) is 6.29. The Labute approximate surface area is 146 Å². The predicted molar refractivity (Wildman–Crippen MR) is 101 cm³/mol. The summed E-state index contributed by atoms with van der Waals surface area (Å²) in [4.78, 5) is 7.27. The topological polar surface area (TPSA) is 48.9 Å². The predicted octanol–water partition coefficient (Wildman–Crippen LogP) is 2.13. The van der Waals surface area contributed by atoms with Crippen LogP contribution in [-0.4, -0.2) is 57.2 Å². The first kappa shape index (κ1) is 18.6. The molecule has 5 nitrogen and oxygen atoms in total. The standard InChI is InChI=1S/C19H32N4O/c1-4-20-19(22-14-17-11-13-23(5-2)15-17)21-12-10-16-6-8-18(24-3)9-7-16/h6-9,17H,4-5,10-15H2,1-3H3,(H2,20,21,22). The van der Waals surface area contributed by atoms with Gasteiger partial charge < -0.3 is 20.3 Å². The van der Waals surface area contributed by atoms with Crippen molar-refractivity contribution < 1.29 is 4.74 Å². The molecule has 1 heterocycles. The van der Waals surface area contributed by atoms with E-state index in [0.717, 1.165) is 44.3 Å². The van der Waals surface area contributed by atoms with Gasteiger partial charge in [-0.15, -0.1) is 0 Å². The molecule has 2 N–H and O–H groups in total. The molecule has 1 aliphatic rings. The highest BCUT2D eigenvalue weighted by atomic mass is 16.5. The molecule has 0 radical (unpaired) electrons. The van der Waals surface area contributed by atoms with Gasteiger partial charge in [-0.05, 0) is 56.5 Å². The van der Waals surface area contributed by atoms with E-state index in [4.69, 9.17) is 9.73 Å². The third kappa shape index (κ3) is 6.04. The number of likely N-dealkylation sites (tertiary alicyclic amines) is 1. The highest BCUT2D eigenvalue weighted by Gasteiger charge is 2.20. The summed E-state index contributed by atoms with van der Waals surface area (Å²) in [7, 11) is 1.69. The monoisotopic (exact) mass is 332 g/mol. The Morgan fingerprint density at radius 1 is 1.25 bits per heavy atom. The highest BCUT2D eigenvalue weighted by Crippen LogP contribution is 2.15. The largest absolute Gasteiger partial charge is 0.497 e. The van der Waals surface area contributed by atoms with Crippen LogP contribution in [-0.2, 0) is 6.42 Å². The van der Waals surface area contributed by atoms with E-state index in [9.17, 15) is 0 Å². The van der Waals surface area contributed by atoms with Crippen LogP contribution < -0.4 is 15.4 Å². The first-order chi connectivity index (χ1) is 11.7. The van der Waals surface area contributed by atoms with Gasteiger partial charge in [0, 0.05) is 26.2 Å². The number of ether oxygens (including phenoxy) is 1. The lowest BCUT2D eigenvalue weighted by molar-refractivity contribution is 0.343. The number of guanidine groups is 1. The molecule has 1 fully saturated rings. The molecule has 1 aromatic rings. The quantitative estimate of drug-likeness (QED) is 0.566. The summed E-state index contributed by atoms with van der Waals surface area (Å²) in [5, 5.41) is 6.78. The molecule has 134 valence electrons. The summed E-state index contributed by atoms with van der Waals surface area (Å²) in [6.45, 7) is 10.6. The van der Waals surface area contributed by atoms with Crippen molar-refractivity contribution in [3.63, 3.8) is 0 Å². The minimum absolute atomic E-state index is 0.696. The Kier molecular flexibility index (Phi) is 7.89. The fraction of sp³-hybridized carbons (Fsp3) is 0.632. The van der Waals surface area contributed by atoms with Crippen LogP contribution >= 0.6 is 0 Å². The molecule has 1 atom stereocenters. The van der Waals surface area contributed by atoms with E-state index in [1.807, 2.05) is 12.1 Å². The van der Waals surface area contributed by atoms with Crippen LogP contribution in [0.25, 0.3) is 0 Å². The zero-order chi connectivity index (χ0) is 17.2. The van der Waals surface area contributed by atoms with E-state index in [1.165, 1.54) is 25.1 Å². The molecule has 0 aliphatic carbocycles. The van der Waals surface area contributed by atoms with Crippen molar-refractivity contribution >= 4 is 5.96 Å². The van der Waals surface area contributed by atoms with Gasteiger partial charge in [0.15, 0.2) is 5.96 Å². The summed E-state index contributed by atoms with van der Waals surface area (Å²) in [6.07, 6.45) is 2.24. The second kappa shape index (κ2) is 10.2. The van der Waals surface area contributed by atoms with Crippen LogP contribution in [0.3, 0.4) is 0 Å². The first-order valence-corrected chi connectivity index (χ1v) is 9.12. The molecule has 0 saturated carbocycles. The molecule has 5 heteroatoms. The Morgan fingerprint density at radius 3 is 2.67 bits per heavy atom. The normalized spacial score (nSPS) is 18.6. The van der Waals surface area contributed by atoms with Crippen molar-refractivity contribution in [2.75, 3.05) is 46.4 Å². The second-order valence-electron chi connectivity index (χ2n) is 6.29. The van der Waals surface area contributed by atoms with Gasteiger partial charge in [0.2, 0.25) is 0 Å². The number of benzene rings is 1. The summed E-state index contributed by atoms with van der Waals surface area (Å²) >= 11 is 0. The molecule has 24 heavy (non-hydrogen) atoms. The Balaban J connectivity index is 1.76. The molecule has 1 saturated heterocycles. The maximum absolute atomic E-state index is 5.19. The van der Waals surface area contributed by atoms with Gasteiger partial charge in [-0.25, -0.2) is 0 Å². The number of rotatable bonds is 8. The number of aliphatic imine (C=N–C) groups is 1. The lowest BCUT2D eigenvalue weighted by atomic mass is 10.1. The maximum atomic E-state index is 5.19. The summed E-state index contributed by atoms with van der Waals surface area (Å²) in [5.74, 6) is 2.53. The summed E-state index contributed by atoms with van der Waals surface area (Å²) in [6, 6.07) is 8.24. The van der Waals surface area contributed by atoms with E-state index in [0.29, 0.717) is 5.92 Å². The molecule has 0 aromatic heterocycles. The smallest absolute Gasteiger partial charge is 0.191 e. The number of hydrogen-bond acceptors (Lipinski definition) is 3. The molecule has 0 bridgehead atoms. The van der Waals surface area contributed by atoms with E-state index in [-0.39, 0.29) is 0 Å². The molecule has 1 unspecified atom stereocenters. The average Bonchev–Trinajstić information content (AvgIpc) is 3.08. The SMILES string of the molecule is CCNC(=NCC1CCN(CC)C1)NCCc1ccc(OC)cc1. The van der Waals surface area contributed by atoms with Crippen LogP contribution in [0.4, 0.5) is 0 Å². The molecule has 0 amide bonds. The maximum Gasteiger partial charge on any atom is 0.191 e. The molecular formula is C19H32N4O. The zero-order valence-electron chi connectivity index (χ0n) is 15.3. The van der Waals surface area contributed by atoms with Crippen LogP contribution in [0.5, 0.6) is 5.75 Å². The summed E-state index contributed by atoms with van der Waals surface area (Å²) < 4.78 is 5.19. The first-order valence-electron chi connectivity index (χ1n) is 9.12. The molecule has 0 spiro atoms. The summed E-state index contributed by atoms with van der Waals surface area (Å²) in [5.41, 5.74) is 1.30. The Hall–Kier alpha value is -1.75. The van der Waals surface area contributed by atoms with Gasteiger partial charge in [0.25, 0.3) is 0 Å². The van der Waals surface area contributed by atoms with Gasteiger partial charge >= 0.3 is 0 Å². The number of nitrogens with one attached hydrogen (secondary N) is 2. The fourth-order valence-electron chi connectivity index (χ4n) is 3.03. The van der Waals surface area contributed by atoms with Crippen molar-refractivity contribution in [1.29, 1.82) is 0 Å². The van der Waals surface area contributed by atoms with Crippen molar-refractivity contribution in [3.8, 4) is 5.75 Å².